The van der Waals surface area contributed by atoms with Crippen LogP contribution in [0.3, 0.4) is 0 Å². The van der Waals surface area contributed by atoms with Gasteiger partial charge in [0.05, 0.1) is 12.5 Å². The SMILES string of the molecule is C[C@H]1CC[C@@H]2[C@@H](OC(=O)[C@@H]2C)[C@H]2C(CO)=CC(=O)[C@H]21. The number of esters is 1. The molecule has 0 spiro atoms. The third-order valence-electron chi connectivity index (χ3n) is 5.26. The van der Waals surface area contributed by atoms with Crippen LogP contribution in [-0.4, -0.2) is 29.6 Å². The summed E-state index contributed by atoms with van der Waals surface area (Å²) in [4.78, 5) is 24.0. The summed E-state index contributed by atoms with van der Waals surface area (Å²) in [6.45, 7) is 3.89. The fourth-order valence-electron chi connectivity index (χ4n) is 4.16. The molecular formula is C15H20O4. The highest BCUT2D eigenvalue weighted by molar-refractivity contribution is 5.96. The molecular weight excluding hydrogens is 244 g/mol. The predicted molar refractivity (Wildman–Crippen MR) is 68.1 cm³/mol. The van der Waals surface area contributed by atoms with E-state index in [2.05, 4.69) is 6.92 Å². The Kier molecular flexibility index (Phi) is 3.01. The van der Waals surface area contributed by atoms with E-state index in [1.807, 2.05) is 6.92 Å². The van der Waals surface area contributed by atoms with Crippen molar-refractivity contribution < 1.29 is 19.4 Å². The summed E-state index contributed by atoms with van der Waals surface area (Å²) in [6, 6.07) is 0. The molecule has 104 valence electrons. The number of hydrogen-bond acceptors (Lipinski definition) is 4. The highest BCUT2D eigenvalue weighted by Crippen LogP contribution is 2.49. The monoisotopic (exact) mass is 264 g/mol. The Morgan fingerprint density at radius 3 is 2.68 bits per heavy atom. The fraction of sp³-hybridized carbons (Fsp3) is 0.733. The second kappa shape index (κ2) is 4.44. The Balaban J connectivity index is 2.00. The average Bonchev–Trinajstić information content (AvgIpc) is 2.80. The molecule has 0 aromatic heterocycles. The predicted octanol–water partition coefficient (Wildman–Crippen LogP) is 1.33. The van der Waals surface area contributed by atoms with E-state index in [0.717, 1.165) is 18.4 Å². The number of aliphatic hydroxyl groups excluding tert-OH is 1. The van der Waals surface area contributed by atoms with Gasteiger partial charge in [-0.25, -0.2) is 0 Å². The van der Waals surface area contributed by atoms with Crippen LogP contribution in [0.15, 0.2) is 11.6 Å². The van der Waals surface area contributed by atoms with Crippen LogP contribution >= 0.6 is 0 Å². The topological polar surface area (TPSA) is 63.6 Å². The summed E-state index contributed by atoms with van der Waals surface area (Å²) >= 11 is 0. The van der Waals surface area contributed by atoms with E-state index < -0.39 is 0 Å². The van der Waals surface area contributed by atoms with Crippen molar-refractivity contribution in [2.24, 2.45) is 29.6 Å². The largest absolute Gasteiger partial charge is 0.461 e. The van der Waals surface area contributed by atoms with Crippen LogP contribution in [0.1, 0.15) is 26.7 Å². The number of fused-ring (bicyclic) bond motifs is 3. The molecule has 3 aliphatic rings. The van der Waals surface area contributed by atoms with Gasteiger partial charge in [0.25, 0.3) is 0 Å². The van der Waals surface area contributed by atoms with E-state index in [0.29, 0.717) is 0 Å². The third kappa shape index (κ3) is 1.76. The molecule has 1 saturated heterocycles. The van der Waals surface area contributed by atoms with Gasteiger partial charge >= 0.3 is 5.97 Å². The molecule has 0 radical (unpaired) electrons. The molecule has 0 unspecified atom stereocenters. The summed E-state index contributed by atoms with van der Waals surface area (Å²) in [5, 5.41) is 9.49. The Morgan fingerprint density at radius 2 is 2.00 bits per heavy atom. The van der Waals surface area contributed by atoms with Gasteiger partial charge in [0.2, 0.25) is 0 Å². The molecule has 3 rings (SSSR count). The lowest BCUT2D eigenvalue weighted by atomic mass is 9.77. The Labute approximate surface area is 112 Å². The lowest BCUT2D eigenvalue weighted by Gasteiger charge is -2.28. The van der Waals surface area contributed by atoms with Gasteiger partial charge in [-0.3, -0.25) is 9.59 Å². The van der Waals surface area contributed by atoms with E-state index in [1.165, 1.54) is 0 Å². The normalized spacial score (nSPS) is 45.3. The minimum absolute atomic E-state index is 0.0911. The van der Waals surface area contributed by atoms with Crippen LogP contribution in [0.25, 0.3) is 0 Å². The molecule has 6 atom stereocenters. The highest BCUT2D eigenvalue weighted by atomic mass is 16.6. The van der Waals surface area contributed by atoms with Crippen LogP contribution in [0.5, 0.6) is 0 Å². The molecule has 1 N–H and O–H groups in total. The first-order valence-electron chi connectivity index (χ1n) is 7.10. The number of ketones is 1. The quantitative estimate of drug-likeness (QED) is 0.726. The zero-order chi connectivity index (χ0) is 13.7. The summed E-state index contributed by atoms with van der Waals surface area (Å²) in [7, 11) is 0. The molecule has 4 nitrogen and oxygen atoms in total. The van der Waals surface area contributed by atoms with Crippen molar-refractivity contribution in [3.63, 3.8) is 0 Å². The Bertz CT molecular complexity index is 453. The lowest BCUT2D eigenvalue weighted by molar-refractivity contribution is -0.146. The van der Waals surface area contributed by atoms with E-state index in [1.54, 1.807) is 6.08 Å². The summed E-state index contributed by atoms with van der Waals surface area (Å²) < 4.78 is 5.56. The minimum atomic E-state index is -0.220. The number of ether oxygens (including phenoxy) is 1. The molecule has 0 aromatic rings. The lowest BCUT2D eigenvalue weighted by Crippen LogP contribution is -2.34. The molecule has 1 heterocycles. The van der Waals surface area contributed by atoms with Crippen molar-refractivity contribution >= 4 is 11.8 Å². The molecule has 2 fully saturated rings. The van der Waals surface area contributed by atoms with Crippen molar-refractivity contribution in [1.82, 2.24) is 0 Å². The zero-order valence-electron chi connectivity index (χ0n) is 11.3. The van der Waals surface area contributed by atoms with Gasteiger partial charge < -0.3 is 9.84 Å². The highest BCUT2D eigenvalue weighted by Gasteiger charge is 2.54. The van der Waals surface area contributed by atoms with Crippen molar-refractivity contribution in [3.8, 4) is 0 Å². The van der Waals surface area contributed by atoms with Crippen molar-refractivity contribution in [2.45, 2.75) is 32.8 Å². The van der Waals surface area contributed by atoms with E-state index in [4.69, 9.17) is 4.74 Å². The van der Waals surface area contributed by atoms with E-state index in [9.17, 15) is 14.7 Å². The summed E-state index contributed by atoms with van der Waals surface area (Å²) in [5.74, 6) is 0.105. The maximum atomic E-state index is 12.2. The number of aliphatic hydroxyl groups is 1. The van der Waals surface area contributed by atoms with Crippen LogP contribution < -0.4 is 0 Å². The van der Waals surface area contributed by atoms with Crippen LogP contribution in [-0.2, 0) is 14.3 Å². The maximum Gasteiger partial charge on any atom is 0.309 e. The maximum absolute atomic E-state index is 12.2. The van der Waals surface area contributed by atoms with E-state index >= 15 is 0 Å². The average molecular weight is 264 g/mol. The standard InChI is InChI=1S/C15H20O4/c1-7-3-4-10-8(2)15(18)19-14(10)13-9(6-16)5-11(17)12(7)13/h5,7-8,10,12-14,16H,3-4,6H2,1-2H3/t7-,8+,10-,12+,13-,14+/m0/s1. The number of allylic oxidation sites excluding steroid dienone is 1. The molecule has 0 aromatic carbocycles. The number of hydrogen-bond donors (Lipinski definition) is 1. The summed E-state index contributed by atoms with van der Waals surface area (Å²) in [6.07, 6.45) is 3.23. The van der Waals surface area contributed by atoms with Gasteiger partial charge in [0.1, 0.15) is 6.10 Å². The van der Waals surface area contributed by atoms with Gasteiger partial charge in [-0.1, -0.05) is 13.8 Å². The molecule has 2 aliphatic carbocycles. The first kappa shape index (κ1) is 12.9. The fourth-order valence-corrected chi connectivity index (χ4v) is 4.16. The number of carbonyl (C=O) groups is 2. The first-order chi connectivity index (χ1) is 9.04. The number of carbonyl (C=O) groups excluding carboxylic acids is 2. The van der Waals surface area contributed by atoms with Crippen LogP contribution in [0.4, 0.5) is 0 Å². The number of rotatable bonds is 1. The van der Waals surface area contributed by atoms with Gasteiger partial charge in [0, 0.05) is 17.8 Å². The van der Waals surface area contributed by atoms with Crippen LogP contribution in [0, 0.1) is 29.6 Å². The van der Waals surface area contributed by atoms with Gasteiger partial charge in [-0.05, 0) is 30.4 Å². The Morgan fingerprint density at radius 1 is 1.26 bits per heavy atom. The molecule has 19 heavy (non-hydrogen) atoms. The molecule has 1 saturated carbocycles. The zero-order valence-corrected chi connectivity index (χ0v) is 11.3. The second-order valence-electron chi connectivity index (χ2n) is 6.24. The summed E-state index contributed by atoms with van der Waals surface area (Å²) in [5.41, 5.74) is 0.751. The Hall–Kier alpha value is -1.16. The smallest absolute Gasteiger partial charge is 0.309 e. The van der Waals surface area contributed by atoms with E-state index in [-0.39, 0.29) is 54.1 Å². The first-order valence-corrected chi connectivity index (χ1v) is 7.10. The molecule has 0 amide bonds. The van der Waals surface area contributed by atoms with Crippen molar-refractivity contribution in [1.29, 1.82) is 0 Å². The minimum Gasteiger partial charge on any atom is -0.461 e. The van der Waals surface area contributed by atoms with Gasteiger partial charge in [-0.2, -0.15) is 0 Å². The van der Waals surface area contributed by atoms with Crippen molar-refractivity contribution in [3.05, 3.63) is 11.6 Å². The van der Waals surface area contributed by atoms with Crippen LogP contribution in [0.2, 0.25) is 0 Å². The molecule has 0 bridgehead atoms. The second-order valence-corrected chi connectivity index (χ2v) is 6.24. The molecule has 1 aliphatic heterocycles. The van der Waals surface area contributed by atoms with Gasteiger partial charge in [0.15, 0.2) is 5.78 Å². The van der Waals surface area contributed by atoms with Gasteiger partial charge in [-0.15, -0.1) is 0 Å². The third-order valence-corrected chi connectivity index (χ3v) is 5.26. The van der Waals surface area contributed by atoms with Crippen molar-refractivity contribution in [2.75, 3.05) is 6.61 Å². The molecule has 4 heteroatoms.